The van der Waals surface area contributed by atoms with E-state index in [2.05, 4.69) is 10.3 Å². The third-order valence-electron chi connectivity index (χ3n) is 2.62. The molecule has 0 spiro atoms. The van der Waals surface area contributed by atoms with Crippen LogP contribution in [-0.2, 0) is 0 Å². The summed E-state index contributed by atoms with van der Waals surface area (Å²) in [5.41, 5.74) is 7.94. The molecule has 0 aromatic carbocycles. The Morgan fingerprint density at radius 1 is 1.50 bits per heavy atom. The third kappa shape index (κ3) is 2.36. The van der Waals surface area contributed by atoms with Crippen LogP contribution < -0.4 is 11.1 Å². The average molecular weight is 214 g/mol. The number of piperidine rings is 1. The van der Waals surface area contributed by atoms with Crippen LogP contribution in [0.3, 0.4) is 0 Å². The van der Waals surface area contributed by atoms with Crippen molar-refractivity contribution in [2.24, 2.45) is 0 Å². The number of nitrogen functional groups attached to an aromatic ring is 1. The first-order valence-electron chi connectivity index (χ1n) is 4.78. The average Bonchev–Trinajstić information content (AvgIpc) is 2.20. The molecule has 2 rings (SSSR count). The Morgan fingerprint density at radius 2 is 2.36 bits per heavy atom. The molecule has 1 aliphatic heterocycles. The van der Waals surface area contributed by atoms with Crippen molar-refractivity contribution in [2.75, 3.05) is 18.8 Å². The van der Waals surface area contributed by atoms with Gasteiger partial charge in [0.25, 0.3) is 0 Å². The molecule has 1 aliphatic rings. The molecule has 0 amide bonds. The Hall–Kier alpha value is -0.800. The van der Waals surface area contributed by atoms with Crippen LogP contribution in [-0.4, -0.2) is 18.1 Å². The van der Waals surface area contributed by atoms with E-state index >= 15 is 0 Å². The lowest BCUT2D eigenvalue weighted by Crippen LogP contribution is -2.28. The lowest BCUT2D eigenvalue weighted by molar-refractivity contribution is 0.462. The Bertz CT molecular complexity index is 284. The molecule has 1 atom stereocenters. The van der Waals surface area contributed by atoms with Crippen molar-refractivity contribution in [1.82, 2.24) is 10.3 Å². The van der Waals surface area contributed by atoms with Gasteiger partial charge in [-0.2, -0.15) is 0 Å². The van der Waals surface area contributed by atoms with Gasteiger partial charge in [-0.1, -0.05) is 0 Å². The van der Waals surface area contributed by atoms with Crippen LogP contribution in [0.1, 0.15) is 24.3 Å². The van der Waals surface area contributed by atoms with Gasteiger partial charge in [-0.3, -0.25) is 4.98 Å². The Labute approximate surface area is 90.5 Å². The highest BCUT2D eigenvalue weighted by Crippen LogP contribution is 2.26. The summed E-state index contributed by atoms with van der Waals surface area (Å²) in [6.07, 6.45) is 6.04. The number of nitrogens with one attached hydrogen (secondary N) is 1. The second kappa shape index (κ2) is 5.17. The van der Waals surface area contributed by atoms with E-state index < -0.39 is 0 Å². The summed E-state index contributed by atoms with van der Waals surface area (Å²) in [6.45, 7) is 2.19. The minimum atomic E-state index is 0. The van der Waals surface area contributed by atoms with Crippen LogP contribution in [0.25, 0.3) is 0 Å². The summed E-state index contributed by atoms with van der Waals surface area (Å²) in [5, 5.41) is 3.38. The zero-order chi connectivity index (χ0) is 9.10. The molecule has 14 heavy (non-hydrogen) atoms. The summed E-state index contributed by atoms with van der Waals surface area (Å²) >= 11 is 0. The summed E-state index contributed by atoms with van der Waals surface area (Å²) in [4.78, 5) is 3.99. The number of aromatic nitrogens is 1. The standard InChI is InChI=1S/C10H15N3.ClH/c11-10-7-13-5-3-9(10)8-2-1-4-12-6-8;/h3,5,7-8,12H,1-2,4,6,11H2;1H/t8-;/m1./s1. The molecule has 1 aromatic rings. The first-order chi connectivity index (χ1) is 6.38. The van der Waals surface area contributed by atoms with E-state index in [-0.39, 0.29) is 12.4 Å². The molecule has 1 aromatic heterocycles. The maximum absolute atomic E-state index is 5.86. The van der Waals surface area contributed by atoms with Gasteiger partial charge in [0, 0.05) is 12.7 Å². The molecule has 1 fully saturated rings. The van der Waals surface area contributed by atoms with Crippen molar-refractivity contribution in [3.05, 3.63) is 24.0 Å². The zero-order valence-electron chi connectivity index (χ0n) is 8.07. The molecular weight excluding hydrogens is 198 g/mol. The van der Waals surface area contributed by atoms with E-state index in [1.807, 2.05) is 12.3 Å². The number of halogens is 1. The molecule has 78 valence electrons. The minimum absolute atomic E-state index is 0. The molecule has 0 aliphatic carbocycles. The second-order valence-corrected chi connectivity index (χ2v) is 3.55. The van der Waals surface area contributed by atoms with Crippen molar-refractivity contribution in [3.8, 4) is 0 Å². The van der Waals surface area contributed by atoms with Crippen LogP contribution in [0, 0.1) is 0 Å². The van der Waals surface area contributed by atoms with Gasteiger partial charge < -0.3 is 11.1 Å². The minimum Gasteiger partial charge on any atom is -0.397 e. The maximum atomic E-state index is 5.86. The van der Waals surface area contributed by atoms with E-state index in [1.54, 1.807) is 6.20 Å². The Balaban J connectivity index is 0.000000980. The van der Waals surface area contributed by atoms with Crippen molar-refractivity contribution in [2.45, 2.75) is 18.8 Å². The number of anilines is 1. The lowest BCUT2D eigenvalue weighted by atomic mass is 9.91. The van der Waals surface area contributed by atoms with Crippen LogP contribution in [0.4, 0.5) is 5.69 Å². The van der Waals surface area contributed by atoms with Crippen LogP contribution in [0.5, 0.6) is 0 Å². The molecule has 3 nitrogen and oxygen atoms in total. The van der Waals surface area contributed by atoms with Crippen molar-refractivity contribution in [3.63, 3.8) is 0 Å². The largest absolute Gasteiger partial charge is 0.397 e. The van der Waals surface area contributed by atoms with Gasteiger partial charge in [-0.15, -0.1) is 12.4 Å². The second-order valence-electron chi connectivity index (χ2n) is 3.55. The predicted octanol–water partition coefficient (Wildman–Crippen LogP) is 1.55. The predicted molar refractivity (Wildman–Crippen MR) is 60.7 cm³/mol. The van der Waals surface area contributed by atoms with E-state index in [1.165, 1.54) is 18.4 Å². The summed E-state index contributed by atoms with van der Waals surface area (Å²) < 4.78 is 0. The number of hydrogen-bond acceptors (Lipinski definition) is 3. The highest BCUT2D eigenvalue weighted by Gasteiger charge is 2.16. The van der Waals surface area contributed by atoms with Gasteiger partial charge in [0.1, 0.15) is 0 Å². The molecule has 1 saturated heterocycles. The topological polar surface area (TPSA) is 50.9 Å². The smallest absolute Gasteiger partial charge is 0.0536 e. The number of rotatable bonds is 1. The fourth-order valence-corrected chi connectivity index (χ4v) is 1.91. The lowest BCUT2D eigenvalue weighted by Gasteiger charge is -2.23. The van der Waals surface area contributed by atoms with Gasteiger partial charge in [0.05, 0.1) is 11.9 Å². The van der Waals surface area contributed by atoms with Gasteiger partial charge in [-0.05, 0) is 36.9 Å². The summed E-state index contributed by atoms with van der Waals surface area (Å²) in [6, 6.07) is 2.03. The number of nitrogens with two attached hydrogens (primary N) is 1. The normalized spacial score (nSPS) is 21.3. The van der Waals surface area contributed by atoms with E-state index in [4.69, 9.17) is 5.73 Å². The molecule has 0 saturated carbocycles. The van der Waals surface area contributed by atoms with E-state index in [9.17, 15) is 0 Å². The Morgan fingerprint density at radius 3 is 3.00 bits per heavy atom. The van der Waals surface area contributed by atoms with E-state index in [0.29, 0.717) is 5.92 Å². The van der Waals surface area contributed by atoms with Crippen LogP contribution >= 0.6 is 12.4 Å². The molecule has 0 radical (unpaired) electrons. The molecule has 2 heterocycles. The molecule has 0 unspecified atom stereocenters. The summed E-state index contributed by atoms with van der Waals surface area (Å²) in [7, 11) is 0. The van der Waals surface area contributed by atoms with Crippen LogP contribution in [0.15, 0.2) is 18.5 Å². The molecule has 4 heteroatoms. The van der Waals surface area contributed by atoms with Crippen molar-refractivity contribution < 1.29 is 0 Å². The molecular formula is C10H16ClN3. The Kier molecular flexibility index (Phi) is 4.17. The van der Waals surface area contributed by atoms with Crippen LogP contribution in [0.2, 0.25) is 0 Å². The molecule has 0 bridgehead atoms. The summed E-state index contributed by atoms with van der Waals surface area (Å²) in [5.74, 6) is 0.580. The fraction of sp³-hybridized carbons (Fsp3) is 0.500. The number of hydrogen-bond donors (Lipinski definition) is 2. The van der Waals surface area contributed by atoms with Crippen molar-refractivity contribution in [1.29, 1.82) is 0 Å². The molecule has 3 N–H and O–H groups in total. The van der Waals surface area contributed by atoms with Gasteiger partial charge in [0.15, 0.2) is 0 Å². The zero-order valence-corrected chi connectivity index (χ0v) is 8.89. The first-order valence-corrected chi connectivity index (χ1v) is 4.78. The fourth-order valence-electron chi connectivity index (χ4n) is 1.91. The SMILES string of the molecule is Cl.Nc1cnccc1[C@@H]1CCCNC1. The van der Waals surface area contributed by atoms with Gasteiger partial charge in [0.2, 0.25) is 0 Å². The monoisotopic (exact) mass is 213 g/mol. The highest BCUT2D eigenvalue weighted by atomic mass is 35.5. The third-order valence-corrected chi connectivity index (χ3v) is 2.62. The van der Waals surface area contributed by atoms with Gasteiger partial charge in [-0.25, -0.2) is 0 Å². The van der Waals surface area contributed by atoms with Gasteiger partial charge >= 0.3 is 0 Å². The maximum Gasteiger partial charge on any atom is 0.0536 e. The van der Waals surface area contributed by atoms with E-state index in [0.717, 1.165) is 18.8 Å². The van der Waals surface area contributed by atoms with Crippen molar-refractivity contribution >= 4 is 18.1 Å². The first kappa shape index (κ1) is 11.3. The number of pyridine rings is 1. The quantitative estimate of drug-likeness (QED) is 0.745. The highest BCUT2D eigenvalue weighted by molar-refractivity contribution is 5.85. The number of nitrogens with zero attached hydrogens (tertiary/aromatic N) is 1.